The van der Waals surface area contributed by atoms with Gasteiger partial charge in [-0.3, -0.25) is 0 Å². The summed E-state index contributed by atoms with van der Waals surface area (Å²) in [4.78, 5) is 7.97. The lowest BCUT2D eigenvalue weighted by Crippen LogP contribution is -2.39. The molecule has 1 saturated carbocycles. The van der Waals surface area contributed by atoms with Crippen molar-refractivity contribution in [2.24, 2.45) is 5.41 Å². The third kappa shape index (κ3) is 1.19. The zero-order valence-corrected chi connectivity index (χ0v) is 11.0. The summed E-state index contributed by atoms with van der Waals surface area (Å²) in [5.41, 5.74) is 3.67. The van der Waals surface area contributed by atoms with E-state index in [-0.39, 0.29) is 5.82 Å². The van der Waals surface area contributed by atoms with Crippen LogP contribution in [-0.2, 0) is 4.74 Å². The number of nitrogens with two attached hydrogens (primary N) is 1. The summed E-state index contributed by atoms with van der Waals surface area (Å²) in [5, 5.41) is 33.8. The third-order valence-corrected chi connectivity index (χ3v) is 4.56. The number of nitrogens with zero attached hydrogens (tertiary/aromatic N) is 5. The molecule has 1 aliphatic carbocycles. The minimum absolute atomic E-state index is 0.205. The van der Waals surface area contributed by atoms with Crippen LogP contribution in [0.2, 0.25) is 0 Å². The molecule has 9 nitrogen and oxygen atoms in total. The van der Waals surface area contributed by atoms with Gasteiger partial charge in [-0.15, -0.1) is 0 Å². The maximum absolute atomic E-state index is 10.5. The van der Waals surface area contributed by atoms with Gasteiger partial charge in [0.1, 0.15) is 35.7 Å². The van der Waals surface area contributed by atoms with Crippen LogP contribution in [0.5, 0.6) is 0 Å². The lowest BCUT2D eigenvalue weighted by atomic mass is 9.78. The lowest BCUT2D eigenvalue weighted by molar-refractivity contribution is -0.0429. The van der Waals surface area contributed by atoms with E-state index < -0.39 is 29.3 Å². The standard InChI is InChI=1S/C12H12N6O3/c1-11(3-13)7(21-8-6(19)12(8,11)20)5-2-15-10-9(14)16-4-17-18(5)10/h2,4,6-8,19-20H,1H3,(H2,14,16,17). The number of rotatable bonds is 1. The van der Waals surface area contributed by atoms with Crippen LogP contribution in [0, 0.1) is 16.7 Å². The fraction of sp³-hybridized carbons (Fsp3) is 0.500. The molecule has 3 heterocycles. The largest absolute Gasteiger partial charge is 0.387 e. The monoisotopic (exact) mass is 288 g/mol. The minimum Gasteiger partial charge on any atom is -0.387 e. The van der Waals surface area contributed by atoms with Gasteiger partial charge in [0.2, 0.25) is 0 Å². The second-order valence-electron chi connectivity index (χ2n) is 5.58. The third-order valence-electron chi connectivity index (χ3n) is 4.56. The van der Waals surface area contributed by atoms with Crippen LogP contribution in [0.15, 0.2) is 12.5 Å². The molecule has 0 amide bonds. The highest BCUT2D eigenvalue weighted by Crippen LogP contribution is 2.65. The molecule has 4 N–H and O–H groups in total. The number of fused-ring (bicyclic) bond motifs is 2. The van der Waals surface area contributed by atoms with E-state index in [9.17, 15) is 15.5 Å². The first kappa shape index (κ1) is 12.5. The van der Waals surface area contributed by atoms with Gasteiger partial charge in [0, 0.05) is 0 Å². The van der Waals surface area contributed by atoms with Crippen LogP contribution in [0.1, 0.15) is 18.7 Å². The Bertz CT molecular complexity index is 800. The molecule has 2 aromatic rings. The highest BCUT2D eigenvalue weighted by atomic mass is 16.6. The van der Waals surface area contributed by atoms with Gasteiger partial charge in [0.25, 0.3) is 0 Å². The lowest BCUT2D eigenvalue weighted by Gasteiger charge is -2.29. The molecule has 2 fully saturated rings. The summed E-state index contributed by atoms with van der Waals surface area (Å²) >= 11 is 0. The molecule has 4 rings (SSSR count). The van der Waals surface area contributed by atoms with Gasteiger partial charge in [0.05, 0.1) is 18.0 Å². The number of imidazole rings is 1. The molecule has 2 aliphatic rings. The number of hydrogen-bond acceptors (Lipinski definition) is 8. The smallest absolute Gasteiger partial charge is 0.196 e. The minimum atomic E-state index is -1.57. The molecule has 0 spiro atoms. The number of aromatic nitrogens is 4. The van der Waals surface area contributed by atoms with Crippen molar-refractivity contribution < 1.29 is 14.9 Å². The molecular formula is C12H12N6O3. The summed E-state index contributed by atoms with van der Waals surface area (Å²) in [7, 11) is 0. The topological polar surface area (TPSA) is 143 Å². The number of anilines is 1. The number of hydrogen-bond donors (Lipinski definition) is 3. The van der Waals surface area contributed by atoms with Crippen molar-refractivity contribution in [3.8, 4) is 6.07 Å². The molecule has 21 heavy (non-hydrogen) atoms. The molecule has 1 aliphatic heterocycles. The fourth-order valence-electron chi connectivity index (χ4n) is 3.15. The Morgan fingerprint density at radius 1 is 1.52 bits per heavy atom. The molecule has 9 heteroatoms. The SMILES string of the molecule is CC1(C#N)C(c2cnc3c(N)ncnn23)OC2C(O)C21O. The van der Waals surface area contributed by atoms with Gasteiger partial charge in [-0.1, -0.05) is 0 Å². The number of nitrogen functional groups attached to an aromatic ring is 1. The van der Waals surface area contributed by atoms with Gasteiger partial charge in [-0.2, -0.15) is 10.4 Å². The van der Waals surface area contributed by atoms with Crippen LogP contribution >= 0.6 is 0 Å². The molecule has 0 radical (unpaired) electrons. The van der Waals surface area contributed by atoms with Gasteiger partial charge in [0.15, 0.2) is 11.5 Å². The first-order valence-corrected chi connectivity index (χ1v) is 6.36. The Labute approximate surface area is 118 Å². The van der Waals surface area contributed by atoms with E-state index >= 15 is 0 Å². The predicted octanol–water partition coefficient (Wildman–Crippen LogP) is -1.22. The molecule has 2 aromatic heterocycles. The van der Waals surface area contributed by atoms with E-state index in [1.54, 1.807) is 6.92 Å². The van der Waals surface area contributed by atoms with Crippen molar-refractivity contribution in [2.45, 2.75) is 30.8 Å². The summed E-state index contributed by atoms with van der Waals surface area (Å²) in [6.07, 6.45) is 0.150. The number of aliphatic hydroxyl groups excluding tert-OH is 1. The van der Waals surface area contributed by atoms with Gasteiger partial charge >= 0.3 is 0 Å². The molecule has 0 aromatic carbocycles. The van der Waals surface area contributed by atoms with Crippen molar-refractivity contribution in [3.05, 3.63) is 18.2 Å². The zero-order valence-electron chi connectivity index (χ0n) is 11.0. The molecule has 0 bridgehead atoms. The molecule has 5 atom stereocenters. The average molecular weight is 288 g/mol. The summed E-state index contributed by atoms with van der Waals surface area (Å²) in [6.45, 7) is 1.55. The molecule has 5 unspecified atom stereocenters. The van der Waals surface area contributed by atoms with Crippen molar-refractivity contribution >= 4 is 11.5 Å². The summed E-state index contributed by atoms with van der Waals surface area (Å²) in [5.74, 6) is 0.205. The van der Waals surface area contributed by atoms with Gasteiger partial charge < -0.3 is 20.7 Å². The van der Waals surface area contributed by atoms with E-state index in [4.69, 9.17) is 10.5 Å². The maximum Gasteiger partial charge on any atom is 0.196 e. The van der Waals surface area contributed by atoms with Crippen LogP contribution in [0.4, 0.5) is 5.82 Å². The Balaban J connectivity index is 1.88. The predicted molar refractivity (Wildman–Crippen MR) is 67.5 cm³/mol. The first-order valence-electron chi connectivity index (χ1n) is 6.36. The van der Waals surface area contributed by atoms with E-state index in [0.717, 1.165) is 0 Å². The molecular weight excluding hydrogens is 276 g/mol. The van der Waals surface area contributed by atoms with Crippen LogP contribution in [-0.4, -0.2) is 47.6 Å². The Hall–Kier alpha value is -2.28. The normalized spacial score (nSPS) is 41.0. The van der Waals surface area contributed by atoms with E-state index in [0.29, 0.717) is 11.3 Å². The molecule has 108 valence electrons. The quantitative estimate of drug-likeness (QED) is 0.592. The van der Waals surface area contributed by atoms with Crippen molar-refractivity contribution in [1.82, 2.24) is 19.6 Å². The Kier molecular flexibility index (Phi) is 2.07. The summed E-state index contributed by atoms with van der Waals surface area (Å²) < 4.78 is 7.10. The Morgan fingerprint density at radius 3 is 3.00 bits per heavy atom. The number of ether oxygens (including phenoxy) is 1. The highest BCUT2D eigenvalue weighted by molar-refractivity contribution is 5.59. The van der Waals surface area contributed by atoms with E-state index in [2.05, 4.69) is 21.1 Å². The Morgan fingerprint density at radius 2 is 2.29 bits per heavy atom. The van der Waals surface area contributed by atoms with E-state index in [1.807, 2.05) is 0 Å². The fourth-order valence-corrected chi connectivity index (χ4v) is 3.15. The molecule has 1 saturated heterocycles. The van der Waals surface area contributed by atoms with E-state index in [1.165, 1.54) is 17.0 Å². The van der Waals surface area contributed by atoms with Crippen LogP contribution < -0.4 is 5.73 Å². The van der Waals surface area contributed by atoms with Crippen LogP contribution in [0.25, 0.3) is 5.65 Å². The summed E-state index contributed by atoms with van der Waals surface area (Å²) in [6, 6.07) is 2.07. The van der Waals surface area contributed by atoms with Crippen LogP contribution in [0.3, 0.4) is 0 Å². The second kappa shape index (κ2) is 3.48. The number of aliphatic hydroxyl groups is 2. The second-order valence-corrected chi connectivity index (χ2v) is 5.58. The van der Waals surface area contributed by atoms with Crippen molar-refractivity contribution in [1.29, 1.82) is 5.26 Å². The maximum atomic E-state index is 10.5. The highest BCUT2D eigenvalue weighted by Gasteiger charge is 2.82. The van der Waals surface area contributed by atoms with Gasteiger partial charge in [-0.25, -0.2) is 14.5 Å². The zero-order chi connectivity index (χ0) is 15.0. The first-order chi connectivity index (χ1) is 9.95. The van der Waals surface area contributed by atoms with Crippen molar-refractivity contribution in [2.75, 3.05) is 5.73 Å². The average Bonchev–Trinajstić information content (AvgIpc) is 2.82. The van der Waals surface area contributed by atoms with Gasteiger partial charge in [-0.05, 0) is 6.92 Å². The van der Waals surface area contributed by atoms with Crippen molar-refractivity contribution in [3.63, 3.8) is 0 Å². The number of nitriles is 1.